The van der Waals surface area contributed by atoms with Gasteiger partial charge in [0.05, 0.1) is 16.7 Å². The molecule has 0 fully saturated rings. The minimum absolute atomic E-state index is 0.371. The van der Waals surface area contributed by atoms with Crippen molar-refractivity contribution in [2.24, 2.45) is 0 Å². The number of rotatable bonds is 5. The molecule has 5 heteroatoms. The first-order chi connectivity index (χ1) is 20.3. The van der Waals surface area contributed by atoms with Crippen molar-refractivity contribution >= 4 is 34.4 Å². The lowest BCUT2D eigenvalue weighted by atomic mass is 9.70. The Labute approximate surface area is 247 Å². The summed E-state index contributed by atoms with van der Waals surface area (Å²) in [6.07, 6.45) is 1.89. The normalized spacial score (nSPS) is 13.6. The van der Waals surface area contributed by atoms with Crippen LogP contribution >= 0.6 is 0 Å². The fourth-order valence-corrected chi connectivity index (χ4v) is 6.86. The number of aryl methyl sites for hydroxylation is 2. The van der Waals surface area contributed by atoms with Gasteiger partial charge in [0, 0.05) is 32.8 Å². The lowest BCUT2D eigenvalue weighted by molar-refractivity contribution is 0.405. The average Bonchev–Trinajstić information content (AvgIpc) is 3.33. The van der Waals surface area contributed by atoms with Crippen molar-refractivity contribution in [3.8, 4) is 28.3 Å². The molecule has 1 aliphatic heterocycles. The van der Waals surface area contributed by atoms with E-state index in [-0.39, 0.29) is 0 Å². The second kappa shape index (κ2) is 9.90. The molecule has 0 unspecified atom stereocenters. The molecule has 0 atom stereocenters. The van der Waals surface area contributed by atoms with E-state index in [1.54, 1.807) is 6.07 Å². The number of fused-ring (bicyclic) bond motifs is 5. The number of aromatic nitrogens is 1. The van der Waals surface area contributed by atoms with Crippen molar-refractivity contribution < 1.29 is 14.8 Å². The third-order valence-corrected chi connectivity index (χ3v) is 9.08. The molecule has 1 aliphatic rings. The summed E-state index contributed by atoms with van der Waals surface area (Å²) in [7, 11) is -1.63. The highest BCUT2D eigenvalue weighted by molar-refractivity contribution is 6.59. The number of hydrogen-bond donors (Lipinski definition) is 2. The largest absolute Gasteiger partial charge is 0.492 e. The predicted molar refractivity (Wildman–Crippen MR) is 173 cm³/mol. The van der Waals surface area contributed by atoms with Gasteiger partial charge in [0.1, 0.15) is 5.75 Å². The first-order valence-electron chi connectivity index (χ1n) is 14.8. The summed E-state index contributed by atoms with van der Waals surface area (Å²) in [6, 6.07) is 33.9. The van der Waals surface area contributed by atoms with Crippen LogP contribution in [-0.4, -0.2) is 21.7 Å². The van der Waals surface area contributed by atoms with Gasteiger partial charge in [-0.05, 0) is 59.4 Å². The molecule has 4 nitrogen and oxygen atoms in total. The van der Waals surface area contributed by atoms with Crippen molar-refractivity contribution in [3.63, 3.8) is 0 Å². The molecule has 2 N–H and O–H groups in total. The van der Waals surface area contributed by atoms with Crippen LogP contribution in [0.4, 0.5) is 0 Å². The van der Waals surface area contributed by atoms with Crippen LogP contribution in [0.5, 0.6) is 11.5 Å². The van der Waals surface area contributed by atoms with Gasteiger partial charge < -0.3 is 19.4 Å². The Morgan fingerprint density at radius 3 is 2.12 bits per heavy atom. The molecule has 5 aromatic carbocycles. The summed E-state index contributed by atoms with van der Waals surface area (Å²) < 4.78 is 9.01. The maximum Gasteiger partial charge on any atom is 0.492 e. The van der Waals surface area contributed by atoms with Gasteiger partial charge in [-0.25, -0.2) is 0 Å². The fourth-order valence-electron chi connectivity index (χ4n) is 6.86. The Hall–Kier alpha value is -4.32. The molecule has 0 amide bonds. The molecule has 208 valence electrons. The van der Waals surface area contributed by atoms with E-state index in [2.05, 4.69) is 111 Å². The molecule has 2 heterocycles. The Balaban J connectivity index is 1.54. The van der Waals surface area contributed by atoms with Crippen molar-refractivity contribution in [1.82, 2.24) is 4.57 Å². The lowest BCUT2D eigenvalue weighted by Crippen LogP contribution is -2.35. The van der Waals surface area contributed by atoms with Crippen LogP contribution in [0, 0.1) is 0 Å². The van der Waals surface area contributed by atoms with E-state index in [9.17, 15) is 10.0 Å². The van der Waals surface area contributed by atoms with Gasteiger partial charge in [-0.15, -0.1) is 0 Å². The summed E-state index contributed by atoms with van der Waals surface area (Å²) in [5, 5.41) is 22.8. The Bertz CT molecular complexity index is 2000. The minimum atomic E-state index is -1.63. The summed E-state index contributed by atoms with van der Waals surface area (Å²) >= 11 is 0. The van der Waals surface area contributed by atoms with Gasteiger partial charge in [0.2, 0.25) is 0 Å². The molecular formula is C37H34BNO3. The summed E-state index contributed by atoms with van der Waals surface area (Å²) in [6.45, 7) is 8.78. The second-order valence-corrected chi connectivity index (χ2v) is 11.7. The maximum atomic E-state index is 10.2. The third-order valence-electron chi connectivity index (χ3n) is 9.08. The van der Waals surface area contributed by atoms with Crippen molar-refractivity contribution in [1.29, 1.82) is 0 Å². The molecule has 7 rings (SSSR count). The lowest BCUT2D eigenvalue weighted by Gasteiger charge is -2.36. The zero-order valence-electron chi connectivity index (χ0n) is 24.5. The SMILES string of the molecule is CCc1ccccc1-c1cc2c3ccccc3n(-c3cccc4c3Oc3c(B(O)O)cccc3C4(C)C)c2cc1CC. The quantitative estimate of drug-likeness (QED) is 0.216. The van der Waals surface area contributed by atoms with Gasteiger partial charge in [-0.1, -0.05) is 100 Å². The van der Waals surface area contributed by atoms with E-state index in [1.807, 2.05) is 12.1 Å². The van der Waals surface area contributed by atoms with Crippen molar-refractivity contribution in [2.75, 3.05) is 0 Å². The first kappa shape index (κ1) is 26.6. The number of nitrogens with zero attached hydrogens (tertiary/aromatic N) is 1. The topological polar surface area (TPSA) is 54.6 Å². The van der Waals surface area contributed by atoms with E-state index >= 15 is 0 Å². The summed E-state index contributed by atoms with van der Waals surface area (Å²) in [5.74, 6) is 1.26. The zero-order chi connectivity index (χ0) is 29.2. The maximum absolute atomic E-state index is 10.2. The predicted octanol–water partition coefficient (Wildman–Crippen LogP) is 7.69. The van der Waals surface area contributed by atoms with E-state index in [0.29, 0.717) is 11.2 Å². The smallest absolute Gasteiger partial charge is 0.455 e. The summed E-state index contributed by atoms with van der Waals surface area (Å²) in [5.41, 5.74) is 10.4. The molecule has 0 saturated heterocycles. The molecule has 1 aromatic heterocycles. The van der Waals surface area contributed by atoms with Crippen LogP contribution in [0.25, 0.3) is 38.6 Å². The number of ether oxygens (including phenoxy) is 1. The minimum Gasteiger partial charge on any atom is -0.455 e. The Morgan fingerprint density at radius 1 is 0.667 bits per heavy atom. The molecular weight excluding hydrogens is 517 g/mol. The van der Waals surface area contributed by atoms with E-state index in [1.165, 1.54) is 33.0 Å². The highest BCUT2D eigenvalue weighted by Crippen LogP contribution is 2.50. The highest BCUT2D eigenvalue weighted by atomic mass is 16.5. The molecule has 42 heavy (non-hydrogen) atoms. The Kier molecular flexibility index (Phi) is 6.27. The van der Waals surface area contributed by atoms with Gasteiger partial charge in [-0.2, -0.15) is 0 Å². The van der Waals surface area contributed by atoms with Crippen LogP contribution < -0.4 is 10.2 Å². The van der Waals surface area contributed by atoms with E-state index < -0.39 is 12.5 Å². The summed E-state index contributed by atoms with van der Waals surface area (Å²) in [4.78, 5) is 0. The van der Waals surface area contributed by atoms with Crippen LogP contribution in [0.3, 0.4) is 0 Å². The monoisotopic (exact) mass is 551 g/mol. The number of para-hydroxylation sites is 3. The van der Waals surface area contributed by atoms with Gasteiger partial charge >= 0.3 is 7.12 Å². The van der Waals surface area contributed by atoms with Crippen molar-refractivity contribution in [3.05, 3.63) is 119 Å². The van der Waals surface area contributed by atoms with Gasteiger partial charge in [0.25, 0.3) is 0 Å². The van der Waals surface area contributed by atoms with E-state index in [4.69, 9.17) is 4.74 Å². The standard InChI is InChI=1S/C37H34BNO3/c1-5-23-13-7-8-14-25(23)27-22-28-26-15-9-10-19-32(26)39(34(28)21-24(27)6-2)33-20-12-17-30-36(33)42-35-29(37(30,3)4)16-11-18-31(35)38(40)41/h7-22,40-41H,5-6H2,1-4H3. The molecule has 0 aliphatic carbocycles. The molecule has 0 saturated carbocycles. The molecule has 0 spiro atoms. The third kappa shape index (κ3) is 3.84. The second-order valence-electron chi connectivity index (χ2n) is 11.7. The molecule has 0 radical (unpaired) electrons. The first-order valence-corrected chi connectivity index (χ1v) is 14.8. The molecule has 0 bridgehead atoms. The number of hydrogen-bond acceptors (Lipinski definition) is 3. The molecule has 6 aromatic rings. The van der Waals surface area contributed by atoms with Gasteiger partial charge in [-0.3, -0.25) is 0 Å². The van der Waals surface area contributed by atoms with Crippen molar-refractivity contribution in [2.45, 2.75) is 46.0 Å². The van der Waals surface area contributed by atoms with Crippen LogP contribution in [0.2, 0.25) is 0 Å². The van der Waals surface area contributed by atoms with Crippen LogP contribution in [0.15, 0.2) is 97.1 Å². The zero-order valence-corrected chi connectivity index (χ0v) is 24.5. The van der Waals surface area contributed by atoms with Crippen LogP contribution in [0.1, 0.15) is 49.9 Å². The highest BCUT2D eigenvalue weighted by Gasteiger charge is 2.38. The number of benzene rings is 5. The average molecular weight is 551 g/mol. The van der Waals surface area contributed by atoms with Gasteiger partial charge in [0.15, 0.2) is 5.75 Å². The van der Waals surface area contributed by atoms with Crippen LogP contribution in [-0.2, 0) is 18.3 Å². The Morgan fingerprint density at radius 2 is 1.36 bits per heavy atom. The fraction of sp³-hybridized carbons (Fsp3) is 0.189. The van der Waals surface area contributed by atoms with E-state index in [0.717, 1.165) is 46.4 Å².